The summed E-state index contributed by atoms with van der Waals surface area (Å²) in [5.74, 6) is 1.34. The van der Waals surface area contributed by atoms with Crippen LogP contribution in [0.2, 0.25) is 5.02 Å². The lowest BCUT2D eigenvalue weighted by Gasteiger charge is -2.28. The van der Waals surface area contributed by atoms with Gasteiger partial charge in [0.15, 0.2) is 12.4 Å². The Balaban J connectivity index is 1.42. The fraction of sp³-hybridized carbons (Fsp3) is 0.190. The molecule has 0 fully saturated rings. The number of carbonyl (C=O) groups excluding carboxylic acids is 1. The van der Waals surface area contributed by atoms with Crippen molar-refractivity contribution in [3.05, 3.63) is 77.1 Å². The van der Waals surface area contributed by atoms with Crippen molar-refractivity contribution < 1.29 is 9.53 Å². The van der Waals surface area contributed by atoms with Crippen molar-refractivity contribution in [2.75, 3.05) is 13.2 Å². The second-order valence-corrected chi connectivity index (χ2v) is 6.78. The largest absolute Gasteiger partial charge is 0.484 e. The van der Waals surface area contributed by atoms with Crippen LogP contribution in [0, 0.1) is 0 Å². The van der Waals surface area contributed by atoms with Crippen LogP contribution in [0.1, 0.15) is 11.3 Å². The van der Waals surface area contributed by atoms with Crippen molar-refractivity contribution in [3.8, 4) is 17.1 Å². The van der Waals surface area contributed by atoms with E-state index >= 15 is 0 Å². The zero-order valence-electron chi connectivity index (χ0n) is 14.6. The standard InChI is InChI=1S/C21H18ClN3O2/c22-17-8-6-15(7-9-17)21-23-12-16-13-25(11-10-19(16)24-21)20(26)14-27-18-4-2-1-3-5-18/h1-9,12H,10-11,13-14H2. The van der Waals surface area contributed by atoms with Gasteiger partial charge in [0.1, 0.15) is 5.75 Å². The Labute approximate surface area is 162 Å². The van der Waals surface area contributed by atoms with E-state index in [-0.39, 0.29) is 12.5 Å². The zero-order chi connectivity index (χ0) is 18.6. The maximum atomic E-state index is 12.4. The molecule has 5 nitrogen and oxygen atoms in total. The Morgan fingerprint density at radius 2 is 1.89 bits per heavy atom. The van der Waals surface area contributed by atoms with Crippen LogP contribution in [0.15, 0.2) is 60.8 Å². The van der Waals surface area contributed by atoms with E-state index in [2.05, 4.69) is 9.97 Å². The summed E-state index contributed by atoms with van der Waals surface area (Å²) in [6, 6.07) is 16.8. The van der Waals surface area contributed by atoms with Gasteiger partial charge in [-0.2, -0.15) is 0 Å². The van der Waals surface area contributed by atoms with Crippen LogP contribution in [0.4, 0.5) is 0 Å². The quantitative estimate of drug-likeness (QED) is 0.692. The second-order valence-electron chi connectivity index (χ2n) is 6.34. The van der Waals surface area contributed by atoms with Gasteiger partial charge in [0.2, 0.25) is 0 Å². The third-order valence-electron chi connectivity index (χ3n) is 4.49. The summed E-state index contributed by atoms with van der Waals surface area (Å²) in [5, 5.41) is 0.684. The number of hydrogen-bond acceptors (Lipinski definition) is 4. The van der Waals surface area contributed by atoms with E-state index < -0.39 is 0 Å². The highest BCUT2D eigenvalue weighted by molar-refractivity contribution is 6.30. The average molecular weight is 380 g/mol. The summed E-state index contributed by atoms with van der Waals surface area (Å²) >= 11 is 5.94. The van der Waals surface area contributed by atoms with Gasteiger partial charge in [-0.1, -0.05) is 29.8 Å². The van der Waals surface area contributed by atoms with Crippen LogP contribution in [0.5, 0.6) is 5.75 Å². The molecule has 2 heterocycles. The Kier molecular flexibility index (Phi) is 5.03. The van der Waals surface area contributed by atoms with Crippen molar-refractivity contribution in [3.63, 3.8) is 0 Å². The Morgan fingerprint density at radius 1 is 1.11 bits per heavy atom. The number of rotatable bonds is 4. The molecule has 0 N–H and O–H groups in total. The van der Waals surface area contributed by atoms with Gasteiger partial charge in [0, 0.05) is 41.9 Å². The molecule has 0 saturated carbocycles. The van der Waals surface area contributed by atoms with Gasteiger partial charge in [-0.25, -0.2) is 9.97 Å². The summed E-state index contributed by atoms with van der Waals surface area (Å²) in [6.45, 7) is 1.16. The smallest absolute Gasteiger partial charge is 0.260 e. The van der Waals surface area contributed by atoms with E-state index in [1.807, 2.05) is 60.8 Å². The van der Waals surface area contributed by atoms with Crippen LogP contribution in [0.3, 0.4) is 0 Å². The number of amides is 1. The van der Waals surface area contributed by atoms with E-state index in [1.54, 1.807) is 4.90 Å². The number of halogens is 1. The molecule has 1 aliphatic rings. The Hall–Kier alpha value is -2.92. The van der Waals surface area contributed by atoms with Crippen LogP contribution in [0.25, 0.3) is 11.4 Å². The van der Waals surface area contributed by atoms with E-state index in [9.17, 15) is 4.79 Å². The first-order valence-corrected chi connectivity index (χ1v) is 9.13. The molecule has 2 aromatic carbocycles. The lowest BCUT2D eigenvalue weighted by molar-refractivity contribution is -0.134. The third-order valence-corrected chi connectivity index (χ3v) is 4.75. The van der Waals surface area contributed by atoms with Crippen LogP contribution in [-0.2, 0) is 17.8 Å². The molecule has 0 bridgehead atoms. The van der Waals surface area contributed by atoms with Crippen molar-refractivity contribution in [2.45, 2.75) is 13.0 Å². The van der Waals surface area contributed by atoms with E-state index in [0.29, 0.717) is 36.1 Å². The Morgan fingerprint density at radius 3 is 2.67 bits per heavy atom. The average Bonchev–Trinajstić information content (AvgIpc) is 2.72. The molecular formula is C21H18ClN3O2. The van der Waals surface area contributed by atoms with Gasteiger partial charge < -0.3 is 9.64 Å². The van der Waals surface area contributed by atoms with E-state index in [0.717, 1.165) is 16.8 Å². The normalized spacial score (nSPS) is 13.1. The molecule has 0 aliphatic carbocycles. The maximum Gasteiger partial charge on any atom is 0.260 e. The summed E-state index contributed by atoms with van der Waals surface area (Å²) in [5.41, 5.74) is 2.90. The van der Waals surface area contributed by atoms with Crippen molar-refractivity contribution >= 4 is 17.5 Å². The minimum absolute atomic E-state index is 0.0308. The van der Waals surface area contributed by atoms with Gasteiger partial charge in [-0.3, -0.25) is 4.79 Å². The second kappa shape index (κ2) is 7.76. The molecule has 4 rings (SSSR count). The molecule has 0 atom stereocenters. The lowest BCUT2D eigenvalue weighted by Crippen LogP contribution is -2.39. The predicted octanol–water partition coefficient (Wildman–Crippen LogP) is 3.76. The summed E-state index contributed by atoms with van der Waals surface area (Å²) < 4.78 is 5.56. The Bertz CT molecular complexity index is 945. The highest BCUT2D eigenvalue weighted by Crippen LogP contribution is 2.22. The van der Waals surface area contributed by atoms with Crippen LogP contribution in [-0.4, -0.2) is 33.9 Å². The number of benzene rings is 2. The SMILES string of the molecule is O=C(COc1ccccc1)N1CCc2nc(-c3ccc(Cl)cc3)ncc2C1. The van der Waals surface area contributed by atoms with Gasteiger partial charge in [0.25, 0.3) is 5.91 Å². The molecule has 0 saturated heterocycles. The fourth-order valence-electron chi connectivity index (χ4n) is 3.02. The van der Waals surface area contributed by atoms with Gasteiger partial charge >= 0.3 is 0 Å². The van der Waals surface area contributed by atoms with Crippen molar-refractivity contribution in [1.29, 1.82) is 0 Å². The molecule has 1 aromatic heterocycles. The molecule has 3 aromatic rings. The number of aromatic nitrogens is 2. The number of nitrogens with zero attached hydrogens (tertiary/aromatic N) is 3. The number of ether oxygens (including phenoxy) is 1. The minimum Gasteiger partial charge on any atom is -0.484 e. The van der Waals surface area contributed by atoms with E-state index in [1.165, 1.54) is 0 Å². The van der Waals surface area contributed by atoms with E-state index in [4.69, 9.17) is 16.3 Å². The topological polar surface area (TPSA) is 55.3 Å². The number of para-hydroxylation sites is 1. The summed E-state index contributed by atoms with van der Waals surface area (Å²) in [6.07, 6.45) is 2.51. The first kappa shape index (κ1) is 17.5. The van der Waals surface area contributed by atoms with Gasteiger partial charge in [-0.15, -0.1) is 0 Å². The van der Waals surface area contributed by atoms with Gasteiger partial charge in [0.05, 0.1) is 5.69 Å². The third kappa shape index (κ3) is 4.09. The predicted molar refractivity (Wildman–Crippen MR) is 104 cm³/mol. The fourth-order valence-corrected chi connectivity index (χ4v) is 3.15. The molecule has 1 aliphatic heterocycles. The van der Waals surface area contributed by atoms with Crippen LogP contribution >= 0.6 is 11.6 Å². The van der Waals surface area contributed by atoms with Crippen molar-refractivity contribution in [1.82, 2.24) is 14.9 Å². The first-order valence-electron chi connectivity index (χ1n) is 8.75. The molecular weight excluding hydrogens is 362 g/mol. The highest BCUT2D eigenvalue weighted by Gasteiger charge is 2.22. The maximum absolute atomic E-state index is 12.4. The first-order chi connectivity index (χ1) is 13.2. The highest BCUT2D eigenvalue weighted by atomic mass is 35.5. The molecule has 0 radical (unpaired) electrons. The minimum atomic E-state index is -0.0359. The number of carbonyl (C=O) groups is 1. The van der Waals surface area contributed by atoms with Crippen molar-refractivity contribution in [2.24, 2.45) is 0 Å². The molecule has 0 spiro atoms. The number of hydrogen-bond donors (Lipinski definition) is 0. The molecule has 27 heavy (non-hydrogen) atoms. The monoisotopic (exact) mass is 379 g/mol. The molecule has 136 valence electrons. The van der Waals surface area contributed by atoms with Gasteiger partial charge in [-0.05, 0) is 36.4 Å². The zero-order valence-corrected chi connectivity index (χ0v) is 15.4. The lowest BCUT2D eigenvalue weighted by atomic mass is 10.1. The molecule has 6 heteroatoms. The summed E-state index contributed by atoms with van der Waals surface area (Å²) in [4.78, 5) is 23.4. The van der Waals surface area contributed by atoms with Crippen LogP contribution < -0.4 is 4.74 Å². The summed E-state index contributed by atoms with van der Waals surface area (Å²) in [7, 11) is 0. The molecule has 0 unspecified atom stereocenters. The molecule has 1 amide bonds. The number of fused-ring (bicyclic) bond motifs is 1.